The second-order valence-corrected chi connectivity index (χ2v) is 6.85. The van der Waals surface area contributed by atoms with Crippen LogP contribution in [0.4, 0.5) is 0 Å². The van der Waals surface area contributed by atoms with Gasteiger partial charge in [-0.3, -0.25) is 0 Å². The van der Waals surface area contributed by atoms with Crippen LogP contribution in [0.2, 0.25) is 0 Å². The average Bonchev–Trinajstić information content (AvgIpc) is 2.88. The van der Waals surface area contributed by atoms with E-state index in [2.05, 4.69) is 68.6 Å². The van der Waals surface area contributed by atoms with Crippen molar-refractivity contribution in [3.05, 3.63) is 70.3 Å². The molecule has 0 aliphatic heterocycles. The van der Waals surface area contributed by atoms with Crippen LogP contribution in [0.3, 0.4) is 0 Å². The first-order valence-electron chi connectivity index (χ1n) is 8.56. The lowest BCUT2D eigenvalue weighted by Crippen LogP contribution is -2.42. The topological polar surface area (TPSA) is 12.0 Å². The Kier molecular flexibility index (Phi) is 4.35. The van der Waals surface area contributed by atoms with E-state index in [9.17, 15) is 0 Å². The SMILES string of the molecule is CCc1cc2c(cc1CC)CC(C)(NCc1ccccc1)C2. The van der Waals surface area contributed by atoms with Gasteiger partial charge in [-0.25, -0.2) is 0 Å². The maximum Gasteiger partial charge on any atom is 0.0237 e. The minimum atomic E-state index is 0.190. The number of hydrogen-bond acceptors (Lipinski definition) is 1. The van der Waals surface area contributed by atoms with Crippen molar-refractivity contribution in [1.29, 1.82) is 0 Å². The van der Waals surface area contributed by atoms with Crippen molar-refractivity contribution in [3.63, 3.8) is 0 Å². The Bertz CT molecular complexity index is 609. The van der Waals surface area contributed by atoms with Gasteiger partial charge in [-0.2, -0.15) is 0 Å². The van der Waals surface area contributed by atoms with Crippen LogP contribution in [0.25, 0.3) is 0 Å². The molecule has 2 aromatic rings. The largest absolute Gasteiger partial charge is 0.307 e. The summed E-state index contributed by atoms with van der Waals surface area (Å²) in [6, 6.07) is 15.6. The summed E-state index contributed by atoms with van der Waals surface area (Å²) < 4.78 is 0. The lowest BCUT2D eigenvalue weighted by Gasteiger charge is -2.25. The number of aryl methyl sites for hydroxylation is 2. The summed E-state index contributed by atoms with van der Waals surface area (Å²) in [7, 11) is 0. The Balaban J connectivity index is 1.75. The third-order valence-corrected chi connectivity index (χ3v) is 5.01. The maximum atomic E-state index is 3.80. The molecule has 0 fully saturated rings. The van der Waals surface area contributed by atoms with Crippen LogP contribution in [0.1, 0.15) is 48.6 Å². The molecule has 116 valence electrons. The van der Waals surface area contributed by atoms with Crippen molar-refractivity contribution < 1.29 is 0 Å². The molecule has 1 aliphatic rings. The molecule has 22 heavy (non-hydrogen) atoms. The first-order valence-corrected chi connectivity index (χ1v) is 8.56. The van der Waals surface area contributed by atoms with Crippen LogP contribution in [0, 0.1) is 0 Å². The minimum absolute atomic E-state index is 0.190. The molecule has 1 heteroatoms. The highest BCUT2D eigenvalue weighted by molar-refractivity contribution is 5.43. The minimum Gasteiger partial charge on any atom is -0.307 e. The van der Waals surface area contributed by atoms with Gasteiger partial charge < -0.3 is 5.32 Å². The lowest BCUT2D eigenvalue weighted by atomic mass is 9.97. The van der Waals surface area contributed by atoms with E-state index < -0.39 is 0 Å². The van der Waals surface area contributed by atoms with E-state index >= 15 is 0 Å². The fraction of sp³-hybridized carbons (Fsp3) is 0.429. The zero-order valence-corrected chi connectivity index (χ0v) is 14.1. The second kappa shape index (κ2) is 6.26. The fourth-order valence-corrected chi connectivity index (χ4v) is 3.72. The molecule has 0 radical (unpaired) electrons. The van der Waals surface area contributed by atoms with Gasteiger partial charge in [0.25, 0.3) is 0 Å². The van der Waals surface area contributed by atoms with Crippen LogP contribution < -0.4 is 5.32 Å². The van der Waals surface area contributed by atoms with Gasteiger partial charge in [0.05, 0.1) is 0 Å². The number of hydrogen-bond donors (Lipinski definition) is 1. The third kappa shape index (κ3) is 3.10. The summed E-state index contributed by atoms with van der Waals surface area (Å²) in [5.41, 5.74) is 7.73. The van der Waals surface area contributed by atoms with Crippen molar-refractivity contribution in [1.82, 2.24) is 5.32 Å². The molecule has 2 aromatic carbocycles. The zero-order valence-electron chi connectivity index (χ0n) is 14.1. The Morgan fingerprint density at radius 2 is 1.45 bits per heavy atom. The van der Waals surface area contributed by atoms with E-state index in [1.807, 2.05) is 0 Å². The monoisotopic (exact) mass is 293 g/mol. The van der Waals surface area contributed by atoms with E-state index in [4.69, 9.17) is 0 Å². The van der Waals surface area contributed by atoms with Crippen molar-refractivity contribution in [2.45, 2.75) is 58.5 Å². The van der Waals surface area contributed by atoms with Crippen molar-refractivity contribution in [2.75, 3.05) is 0 Å². The molecule has 1 N–H and O–H groups in total. The van der Waals surface area contributed by atoms with Gasteiger partial charge in [-0.15, -0.1) is 0 Å². The van der Waals surface area contributed by atoms with Gasteiger partial charge in [0.15, 0.2) is 0 Å². The highest BCUT2D eigenvalue weighted by Crippen LogP contribution is 2.32. The summed E-state index contributed by atoms with van der Waals surface area (Å²) in [6.07, 6.45) is 4.58. The second-order valence-electron chi connectivity index (χ2n) is 6.85. The van der Waals surface area contributed by atoms with E-state index in [-0.39, 0.29) is 5.54 Å². The molecule has 1 aliphatic carbocycles. The van der Waals surface area contributed by atoms with Gasteiger partial charge in [-0.05, 0) is 60.4 Å². The van der Waals surface area contributed by atoms with Gasteiger partial charge >= 0.3 is 0 Å². The molecule has 0 spiro atoms. The molecule has 0 unspecified atom stereocenters. The lowest BCUT2D eigenvalue weighted by molar-refractivity contribution is 0.370. The summed E-state index contributed by atoms with van der Waals surface area (Å²) in [6.45, 7) is 7.85. The van der Waals surface area contributed by atoms with Gasteiger partial charge in [0.1, 0.15) is 0 Å². The molecule has 0 atom stereocenters. The Hall–Kier alpha value is -1.60. The van der Waals surface area contributed by atoms with E-state index in [0.29, 0.717) is 0 Å². The molecule has 0 saturated carbocycles. The fourth-order valence-electron chi connectivity index (χ4n) is 3.72. The third-order valence-electron chi connectivity index (χ3n) is 5.01. The van der Waals surface area contributed by atoms with E-state index in [1.54, 1.807) is 11.1 Å². The molecule has 0 amide bonds. The van der Waals surface area contributed by atoms with Gasteiger partial charge in [0, 0.05) is 12.1 Å². The van der Waals surface area contributed by atoms with Crippen LogP contribution in [0.5, 0.6) is 0 Å². The normalized spacial score (nSPS) is 15.8. The van der Waals surface area contributed by atoms with E-state index in [1.165, 1.54) is 16.7 Å². The molecule has 3 rings (SSSR count). The number of rotatable bonds is 5. The summed E-state index contributed by atoms with van der Waals surface area (Å²) in [5.74, 6) is 0. The standard InChI is InChI=1S/C21H27N/c1-4-17-11-19-13-21(3,14-20(19)12-18(17)5-2)22-15-16-9-7-6-8-10-16/h6-12,22H,4-5,13-15H2,1-3H3. The summed E-state index contributed by atoms with van der Waals surface area (Å²) >= 11 is 0. The average molecular weight is 293 g/mol. The Morgan fingerprint density at radius 3 is 1.95 bits per heavy atom. The molecule has 0 aromatic heterocycles. The van der Waals surface area contributed by atoms with Gasteiger partial charge in [0.2, 0.25) is 0 Å². The van der Waals surface area contributed by atoms with Gasteiger partial charge in [-0.1, -0.05) is 56.3 Å². The molecule has 0 bridgehead atoms. The Labute approximate surface area is 134 Å². The number of fused-ring (bicyclic) bond motifs is 1. The smallest absolute Gasteiger partial charge is 0.0237 e. The first-order chi connectivity index (χ1) is 10.6. The Morgan fingerprint density at radius 1 is 0.909 bits per heavy atom. The predicted molar refractivity (Wildman–Crippen MR) is 94.3 cm³/mol. The van der Waals surface area contributed by atoms with Crippen LogP contribution in [0.15, 0.2) is 42.5 Å². The highest BCUT2D eigenvalue weighted by Gasteiger charge is 2.32. The van der Waals surface area contributed by atoms with Crippen LogP contribution in [-0.2, 0) is 32.2 Å². The highest BCUT2D eigenvalue weighted by atomic mass is 15.0. The quantitative estimate of drug-likeness (QED) is 0.858. The molecule has 0 saturated heterocycles. The summed E-state index contributed by atoms with van der Waals surface area (Å²) in [5, 5.41) is 3.80. The summed E-state index contributed by atoms with van der Waals surface area (Å²) in [4.78, 5) is 0. The molecule has 0 heterocycles. The van der Waals surface area contributed by atoms with Crippen molar-refractivity contribution in [2.24, 2.45) is 0 Å². The van der Waals surface area contributed by atoms with E-state index in [0.717, 1.165) is 32.2 Å². The van der Waals surface area contributed by atoms with Crippen molar-refractivity contribution in [3.8, 4) is 0 Å². The molecule has 1 nitrogen and oxygen atoms in total. The van der Waals surface area contributed by atoms with Crippen LogP contribution >= 0.6 is 0 Å². The predicted octanol–water partition coefficient (Wildman–Crippen LogP) is 4.46. The number of nitrogens with one attached hydrogen (secondary N) is 1. The van der Waals surface area contributed by atoms with Crippen LogP contribution in [-0.4, -0.2) is 5.54 Å². The van der Waals surface area contributed by atoms with Crippen molar-refractivity contribution >= 4 is 0 Å². The maximum absolute atomic E-state index is 3.80. The zero-order chi connectivity index (χ0) is 15.6. The molecular formula is C21H27N. The first kappa shape index (κ1) is 15.3. The molecular weight excluding hydrogens is 266 g/mol. The number of benzene rings is 2.